The lowest BCUT2D eigenvalue weighted by Gasteiger charge is -1.95. The number of rotatable bonds is 4. The number of aromatic amines is 1. The molecule has 0 saturated heterocycles. The van der Waals surface area contributed by atoms with Crippen molar-refractivity contribution in [3.8, 4) is 11.3 Å². The molecule has 0 bridgehead atoms. The van der Waals surface area contributed by atoms with E-state index in [1.807, 2.05) is 24.3 Å². The van der Waals surface area contributed by atoms with Gasteiger partial charge in [0.15, 0.2) is 0 Å². The molecule has 2 aromatic rings. The third-order valence-electron chi connectivity index (χ3n) is 2.57. The molecule has 1 aromatic heterocycles. The zero-order chi connectivity index (χ0) is 11.4. The van der Waals surface area contributed by atoms with Crippen molar-refractivity contribution in [1.29, 1.82) is 0 Å². The Bertz CT molecular complexity index is 445. The lowest BCUT2D eigenvalue weighted by atomic mass is 10.1. The summed E-state index contributed by atoms with van der Waals surface area (Å²) in [5.41, 5.74) is 3.29. The molecule has 2 nitrogen and oxygen atoms in total. The van der Waals surface area contributed by atoms with Gasteiger partial charge in [-0.3, -0.25) is 5.10 Å². The average molecular weight is 235 g/mol. The average Bonchev–Trinajstić information content (AvgIpc) is 2.76. The molecule has 0 aliphatic heterocycles. The molecule has 0 aliphatic carbocycles. The van der Waals surface area contributed by atoms with Gasteiger partial charge in [0, 0.05) is 16.3 Å². The Morgan fingerprint density at radius 2 is 2.00 bits per heavy atom. The number of aromatic nitrogens is 2. The first-order valence-electron chi connectivity index (χ1n) is 5.60. The highest BCUT2D eigenvalue weighted by molar-refractivity contribution is 6.30. The molecule has 0 spiro atoms. The Hall–Kier alpha value is -1.28. The number of nitrogens with one attached hydrogen (secondary N) is 1. The summed E-state index contributed by atoms with van der Waals surface area (Å²) < 4.78 is 0. The van der Waals surface area contributed by atoms with Crippen molar-refractivity contribution in [2.45, 2.75) is 26.2 Å². The lowest BCUT2D eigenvalue weighted by Crippen LogP contribution is -1.83. The molecule has 0 saturated carbocycles. The molecule has 16 heavy (non-hydrogen) atoms. The van der Waals surface area contributed by atoms with E-state index in [2.05, 4.69) is 23.2 Å². The molecule has 0 amide bonds. The fourth-order valence-corrected chi connectivity index (χ4v) is 1.75. The van der Waals surface area contributed by atoms with Gasteiger partial charge < -0.3 is 0 Å². The summed E-state index contributed by atoms with van der Waals surface area (Å²) in [6.07, 6.45) is 3.47. The zero-order valence-corrected chi connectivity index (χ0v) is 10.1. The van der Waals surface area contributed by atoms with E-state index < -0.39 is 0 Å². The molecule has 1 heterocycles. The number of benzene rings is 1. The van der Waals surface area contributed by atoms with Crippen LogP contribution >= 0.6 is 11.6 Å². The maximum absolute atomic E-state index is 5.84. The summed E-state index contributed by atoms with van der Waals surface area (Å²) in [6.45, 7) is 2.19. The van der Waals surface area contributed by atoms with Crippen LogP contribution in [0.15, 0.2) is 30.3 Å². The summed E-state index contributed by atoms with van der Waals surface area (Å²) in [5, 5.41) is 8.13. The molecule has 0 fully saturated rings. The number of aryl methyl sites for hydroxylation is 1. The van der Waals surface area contributed by atoms with Crippen molar-refractivity contribution in [3.63, 3.8) is 0 Å². The maximum atomic E-state index is 5.84. The molecule has 3 heteroatoms. The third-order valence-corrected chi connectivity index (χ3v) is 2.82. The van der Waals surface area contributed by atoms with Gasteiger partial charge in [-0.2, -0.15) is 5.10 Å². The molecular formula is C13H15ClN2. The van der Waals surface area contributed by atoms with Crippen LogP contribution in [-0.2, 0) is 6.42 Å². The van der Waals surface area contributed by atoms with Crippen molar-refractivity contribution >= 4 is 11.6 Å². The molecule has 0 aliphatic rings. The van der Waals surface area contributed by atoms with E-state index in [0.29, 0.717) is 0 Å². The van der Waals surface area contributed by atoms with Crippen LogP contribution in [0.1, 0.15) is 25.5 Å². The number of H-pyrrole nitrogens is 1. The fourth-order valence-electron chi connectivity index (χ4n) is 1.63. The molecular weight excluding hydrogens is 220 g/mol. The third kappa shape index (κ3) is 2.64. The Morgan fingerprint density at radius 3 is 2.69 bits per heavy atom. The summed E-state index contributed by atoms with van der Waals surface area (Å²) in [4.78, 5) is 0. The number of halogens is 1. The summed E-state index contributed by atoms with van der Waals surface area (Å²) >= 11 is 5.84. The minimum absolute atomic E-state index is 0.755. The number of hydrogen-bond donors (Lipinski definition) is 1. The topological polar surface area (TPSA) is 28.7 Å². The second-order valence-electron chi connectivity index (χ2n) is 3.89. The number of hydrogen-bond acceptors (Lipinski definition) is 1. The predicted molar refractivity (Wildman–Crippen MR) is 67.6 cm³/mol. The number of unbranched alkanes of at least 4 members (excludes halogenated alkanes) is 1. The van der Waals surface area contributed by atoms with Gasteiger partial charge in [0.05, 0.1) is 5.69 Å². The molecule has 0 unspecified atom stereocenters. The Kier molecular flexibility index (Phi) is 3.62. The van der Waals surface area contributed by atoms with Crippen molar-refractivity contribution < 1.29 is 0 Å². The first-order chi connectivity index (χ1) is 7.79. The second-order valence-corrected chi connectivity index (χ2v) is 4.33. The monoisotopic (exact) mass is 234 g/mol. The minimum atomic E-state index is 0.755. The molecule has 1 aromatic carbocycles. The fraction of sp³-hybridized carbons (Fsp3) is 0.308. The highest BCUT2D eigenvalue weighted by Gasteiger charge is 2.03. The van der Waals surface area contributed by atoms with Crippen molar-refractivity contribution in [3.05, 3.63) is 41.0 Å². The van der Waals surface area contributed by atoms with Gasteiger partial charge in [0.1, 0.15) is 0 Å². The Labute approximate surface area is 101 Å². The minimum Gasteiger partial charge on any atom is -0.282 e. The standard InChI is InChI=1S/C13H15ClN2/c1-2-3-4-12-9-13(16-15-12)10-5-7-11(14)8-6-10/h5-9H,2-4H2,1H3,(H,15,16). The van der Waals surface area contributed by atoms with Crippen LogP contribution in [0.25, 0.3) is 11.3 Å². The normalized spacial score (nSPS) is 10.6. The van der Waals surface area contributed by atoms with E-state index in [-0.39, 0.29) is 0 Å². The molecule has 84 valence electrons. The van der Waals surface area contributed by atoms with E-state index in [1.54, 1.807) is 0 Å². The molecule has 0 atom stereocenters. The van der Waals surface area contributed by atoms with Crippen LogP contribution in [0.3, 0.4) is 0 Å². The van der Waals surface area contributed by atoms with Gasteiger partial charge in [-0.05, 0) is 31.0 Å². The van der Waals surface area contributed by atoms with Gasteiger partial charge >= 0.3 is 0 Å². The molecule has 2 rings (SSSR count). The number of nitrogens with zero attached hydrogens (tertiary/aromatic N) is 1. The van der Waals surface area contributed by atoms with Crippen LogP contribution in [0.5, 0.6) is 0 Å². The predicted octanol–water partition coefficient (Wildman–Crippen LogP) is 4.07. The van der Waals surface area contributed by atoms with Crippen LogP contribution in [0.4, 0.5) is 0 Å². The summed E-state index contributed by atoms with van der Waals surface area (Å²) in [7, 11) is 0. The smallest absolute Gasteiger partial charge is 0.0923 e. The van der Waals surface area contributed by atoms with Crippen LogP contribution in [-0.4, -0.2) is 10.2 Å². The summed E-state index contributed by atoms with van der Waals surface area (Å²) in [6, 6.07) is 9.86. The lowest BCUT2D eigenvalue weighted by molar-refractivity contribution is 0.772. The highest BCUT2D eigenvalue weighted by atomic mass is 35.5. The molecule has 1 N–H and O–H groups in total. The van der Waals surface area contributed by atoms with Gasteiger partial charge in [0.2, 0.25) is 0 Å². The van der Waals surface area contributed by atoms with E-state index >= 15 is 0 Å². The van der Waals surface area contributed by atoms with E-state index in [0.717, 1.165) is 22.7 Å². The van der Waals surface area contributed by atoms with E-state index in [4.69, 9.17) is 11.6 Å². The first kappa shape index (κ1) is 11.2. The largest absolute Gasteiger partial charge is 0.282 e. The van der Waals surface area contributed by atoms with Crippen molar-refractivity contribution in [1.82, 2.24) is 10.2 Å². The van der Waals surface area contributed by atoms with Gasteiger partial charge in [-0.1, -0.05) is 37.1 Å². The van der Waals surface area contributed by atoms with Crippen molar-refractivity contribution in [2.75, 3.05) is 0 Å². The second kappa shape index (κ2) is 5.17. The van der Waals surface area contributed by atoms with Crippen LogP contribution in [0.2, 0.25) is 5.02 Å². The van der Waals surface area contributed by atoms with Crippen LogP contribution in [0, 0.1) is 0 Å². The van der Waals surface area contributed by atoms with E-state index in [1.165, 1.54) is 18.5 Å². The first-order valence-corrected chi connectivity index (χ1v) is 5.97. The van der Waals surface area contributed by atoms with E-state index in [9.17, 15) is 0 Å². The Morgan fingerprint density at radius 1 is 1.25 bits per heavy atom. The van der Waals surface area contributed by atoms with Gasteiger partial charge in [-0.25, -0.2) is 0 Å². The molecule has 0 radical (unpaired) electrons. The highest BCUT2D eigenvalue weighted by Crippen LogP contribution is 2.20. The van der Waals surface area contributed by atoms with Gasteiger partial charge in [0.25, 0.3) is 0 Å². The summed E-state index contributed by atoms with van der Waals surface area (Å²) in [5.74, 6) is 0. The van der Waals surface area contributed by atoms with Crippen LogP contribution < -0.4 is 0 Å². The quantitative estimate of drug-likeness (QED) is 0.849. The zero-order valence-electron chi connectivity index (χ0n) is 9.33. The van der Waals surface area contributed by atoms with Gasteiger partial charge in [-0.15, -0.1) is 0 Å². The Balaban J connectivity index is 2.15. The maximum Gasteiger partial charge on any atom is 0.0923 e. The van der Waals surface area contributed by atoms with Crippen molar-refractivity contribution in [2.24, 2.45) is 0 Å². The SMILES string of the molecule is CCCCc1cc(-c2ccc(Cl)cc2)n[nH]1.